The molecule has 0 atom stereocenters. The lowest BCUT2D eigenvalue weighted by molar-refractivity contribution is 0.0955. The Morgan fingerprint density at radius 2 is 1.84 bits per heavy atom. The summed E-state index contributed by atoms with van der Waals surface area (Å²) < 4.78 is 17.1. The van der Waals surface area contributed by atoms with Crippen molar-refractivity contribution in [2.24, 2.45) is 5.10 Å². The fourth-order valence-electron chi connectivity index (χ4n) is 2.69. The molecule has 3 aromatic rings. The van der Waals surface area contributed by atoms with Crippen molar-refractivity contribution in [1.29, 1.82) is 0 Å². The van der Waals surface area contributed by atoms with Gasteiger partial charge in [0.1, 0.15) is 12.4 Å². The van der Waals surface area contributed by atoms with Crippen LogP contribution in [0.3, 0.4) is 0 Å². The van der Waals surface area contributed by atoms with Crippen LogP contribution in [0.4, 0.5) is 0 Å². The van der Waals surface area contributed by atoms with Crippen LogP contribution >= 0.6 is 27.5 Å². The van der Waals surface area contributed by atoms with Crippen LogP contribution in [0.1, 0.15) is 21.5 Å². The summed E-state index contributed by atoms with van der Waals surface area (Å²) in [6.45, 7) is 0.292. The van der Waals surface area contributed by atoms with Crippen molar-refractivity contribution in [2.75, 3.05) is 14.2 Å². The van der Waals surface area contributed by atoms with E-state index in [9.17, 15) is 4.79 Å². The predicted molar refractivity (Wildman–Crippen MR) is 125 cm³/mol. The van der Waals surface area contributed by atoms with Gasteiger partial charge >= 0.3 is 0 Å². The Hall–Kier alpha value is -3.03. The Kier molecular flexibility index (Phi) is 7.92. The fraction of sp³-hybridized carbons (Fsp3) is 0.130. The Labute approximate surface area is 193 Å². The van der Waals surface area contributed by atoms with E-state index in [-0.39, 0.29) is 5.91 Å². The molecule has 8 heteroatoms. The minimum Gasteiger partial charge on any atom is -0.497 e. The number of nitrogens with one attached hydrogen (secondary N) is 1. The quantitative estimate of drug-likeness (QED) is 0.327. The van der Waals surface area contributed by atoms with Gasteiger partial charge in [-0.2, -0.15) is 5.10 Å². The maximum absolute atomic E-state index is 12.2. The highest BCUT2D eigenvalue weighted by atomic mass is 79.9. The highest BCUT2D eigenvalue weighted by molar-refractivity contribution is 9.10. The molecular formula is C23H20BrClN2O4. The van der Waals surface area contributed by atoms with E-state index in [0.717, 1.165) is 5.56 Å². The third-order valence-corrected chi connectivity index (χ3v) is 5.27. The SMILES string of the molecule is COc1ccc(C(=O)NN=Cc2cc(Br)c(OCc3ccccc3Cl)c(OC)c2)cc1. The average Bonchev–Trinajstić information content (AvgIpc) is 2.79. The molecule has 160 valence electrons. The first-order valence-corrected chi connectivity index (χ1v) is 10.4. The standard InChI is InChI=1S/C23H20BrClN2O4/c1-29-18-9-7-16(8-10-18)23(28)27-26-13-15-11-19(24)22(21(12-15)30-2)31-14-17-5-3-4-6-20(17)25/h3-13H,14H2,1-2H3,(H,27,28). The van der Waals surface area contributed by atoms with Crippen LogP contribution in [0.25, 0.3) is 0 Å². The maximum atomic E-state index is 12.2. The topological polar surface area (TPSA) is 69.2 Å². The summed E-state index contributed by atoms with van der Waals surface area (Å²) in [4.78, 5) is 12.2. The monoisotopic (exact) mass is 502 g/mol. The average molecular weight is 504 g/mol. The van der Waals surface area contributed by atoms with E-state index in [1.807, 2.05) is 30.3 Å². The number of hydrazone groups is 1. The number of hydrogen-bond acceptors (Lipinski definition) is 5. The van der Waals surface area contributed by atoms with E-state index < -0.39 is 0 Å². The number of benzene rings is 3. The van der Waals surface area contributed by atoms with Crippen molar-refractivity contribution >= 4 is 39.7 Å². The molecule has 0 fully saturated rings. The molecule has 0 spiro atoms. The lowest BCUT2D eigenvalue weighted by Gasteiger charge is -2.14. The minimum absolute atomic E-state index is 0.292. The van der Waals surface area contributed by atoms with Crippen LogP contribution in [0, 0.1) is 0 Å². The third kappa shape index (κ3) is 5.99. The van der Waals surface area contributed by atoms with Crippen LogP contribution < -0.4 is 19.6 Å². The fourth-order valence-corrected chi connectivity index (χ4v) is 3.46. The van der Waals surface area contributed by atoms with Gasteiger partial charge in [0.25, 0.3) is 5.91 Å². The molecule has 0 aliphatic carbocycles. The van der Waals surface area contributed by atoms with Gasteiger partial charge in [-0.25, -0.2) is 5.43 Å². The highest BCUT2D eigenvalue weighted by Gasteiger charge is 2.12. The van der Waals surface area contributed by atoms with Crippen LogP contribution in [-0.2, 0) is 6.61 Å². The zero-order valence-electron chi connectivity index (χ0n) is 16.9. The van der Waals surface area contributed by atoms with Crippen molar-refractivity contribution in [3.63, 3.8) is 0 Å². The number of carbonyl (C=O) groups is 1. The largest absolute Gasteiger partial charge is 0.497 e. The van der Waals surface area contributed by atoms with E-state index in [0.29, 0.717) is 44.5 Å². The molecule has 3 aromatic carbocycles. The summed E-state index contributed by atoms with van der Waals surface area (Å²) in [5.41, 5.74) is 4.55. The molecule has 0 saturated heterocycles. The zero-order valence-corrected chi connectivity index (χ0v) is 19.2. The van der Waals surface area contributed by atoms with E-state index in [1.165, 1.54) is 6.21 Å². The van der Waals surface area contributed by atoms with Crippen LogP contribution in [-0.4, -0.2) is 26.3 Å². The summed E-state index contributed by atoms with van der Waals surface area (Å²) >= 11 is 9.69. The Balaban J connectivity index is 1.68. The third-order valence-electron chi connectivity index (χ3n) is 4.31. The second kappa shape index (κ2) is 10.8. The van der Waals surface area contributed by atoms with Crippen LogP contribution in [0.15, 0.2) is 70.2 Å². The molecule has 0 bridgehead atoms. The van der Waals surface area contributed by atoms with Crippen molar-refractivity contribution in [3.05, 3.63) is 86.8 Å². The Bertz CT molecular complexity index is 1090. The summed E-state index contributed by atoms with van der Waals surface area (Å²) in [6, 6.07) is 17.8. The van der Waals surface area contributed by atoms with Gasteiger partial charge in [-0.3, -0.25) is 4.79 Å². The van der Waals surface area contributed by atoms with E-state index in [4.69, 9.17) is 25.8 Å². The number of ether oxygens (including phenoxy) is 3. The lowest BCUT2D eigenvalue weighted by atomic mass is 10.2. The number of amides is 1. The highest BCUT2D eigenvalue weighted by Crippen LogP contribution is 2.37. The summed E-state index contributed by atoms with van der Waals surface area (Å²) in [5, 5.41) is 4.65. The molecule has 31 heavy (non-hydrogen) atoms. The van der Waals surface area contributed by atoms with Gasteiger partial charge in [0, 0.05) is 16.1 Å². The smallest absolute Gasteiger partial charge is 0.271 e. The summed E-state index contributed by atoms with van der Waals surface area (Å²) in [6.07, 6.45) is 1.52. The summed E-state index contributed by atoms with van der Waals surface area (Å²) in [7, 11) is 3.12. The van der Waals surface area contributed by atoms with Gasteiger partial charge in [-0.05, 0) is 64.0 Å². The first-order valence-electron chi connectivity index (χ1n) is 9.23. The molecule has 1 amide bonds. The van der Waals surface area contributed by atoms with Gasteiger partial charge in [0.05, 0.1) is 24.9 Å². The minimum atomic E-state index is -0.329. The molecule has 1 N–H and O–H groups in total. The second-order valence-electron chi connectivity index (χ2n) is 6.34. The molecule has 6 nitrogen and oxygen atoms in total. The molecule has 3 rings (SSSR count). The molecule has 0 aliphatic heterocycles. The van der Waals surface area contributed by atoms with Crippen LogP contribution in [0.5, 0.6) is 17.2 Å². The molecule has 0 radical (unpaired) electrons. The molecule has 0 saturated carbocycles. The predicted octanol–water partition coefficient (Wildman–Crippen LogP) is 5.46. The number of halogens is 2. The first-order chi connectivity index (χ1) is 15.0. The number of methoxy groups -OCH3 is 2. The van der Waals surface area contributed by atoms with Crippen molar-refractivity contribution in [3.8, 4) is 17.2 Å². The van der Waals surface area contributed by atoms with Crippen molar-refractivity contribution in [1.82, 2.24) is 5.43 Å². The molecule has 0 heterocycles. The normalized spacial score (nSPS) is 10.7. The van der Waals surface area contributed by atoms with Gasteiger partial charge in [-0.1, -0.05) is 29.8 Å². The molecular weight excluding hydrogens is 484 g/mol. The van der Waals surface area contributed by atoms with Crippen molar-refractivity contribution < 1.29 is 19.0 Å². The first kappa shape index (κ1) is 22.7. The van der Waals surface area contributed by atoms with Crippen LogP contribution in [0.2, 0.25) is 5.02 Å². The van der Waals surface area contributed by atoms with E-state index in [2.05, 4.69) is 26.5 Å². The Morgan fingerprint density at radius 3 is 2.52 bits per heavy atom. The van der Waals surface area contributed by atoms with Gasteiger partial charge in [0.15, 0.2) is 11.5 Å². The molecule has 0 aromatic heterocycles. The van der Waals surface area contributed by atoms with E-state index in [1.54, 1.807) is 44.6 Å². The number of nitrogens with zero attached hydrogens (tertiary/aromatic N) is 1. The molecule has 0 unspecified atom stereocenters. The zero-order chi connectivity index (χ0) is 22.2. The Morgan fingerprint density at radius 1 is 1.10 bits per heavy atom. The van der Waals surface area contributed by atoms with Gasteiger partial charge < -0.3 is 14.2 Å². The van der Waals surface area contributed by atoms with Crippen molar-refractivity contribution in [2.45, 2.75) is 6.61 Å². The second-order valence-corrected chi connectivity index (χ2v) is 7.60. The summed E-state index contributed by atoms with van der Waals surface area (Å²) in [5.74, 6) is 1.41. The van der Waals surface area contributed by atoms with E-state index >= 15 is 0 Å². The number of rotatable bonds is 8. The number of hydrogen-bond donors (Lipinski definition) is 1. The maximum Gasteiger partial charge on any atom is 0.271 e. The molecule has 0 aliphatic rings. The lowest BCUT2D eigenvalue weighted by Crippen LogP contribution is -2.17. The van der Waals surface area contributed by atoms with Gasteiger partial charge in [-0.15, -0.1) is 0 Å². The van der Waals surface area contributed by atoms with Gasteiger partial charge in [0.2, 0.25) is 0 Å². The number of carbonyl (C=O) groups excluding carboxylic acids is 1.